The van der Waals surface area contributed by atoms with Crippen LogP contribution in [0.25, 0.3) is 0 Å². The van der Waals surface area contributed by atoms with Crippen LogP contribution >= 0.6 is 0 Å². The van der Waals surface area contributed by atoms with Crippen LogP contribution in [0.1, 0.15) is 49.2 Å². The number of ether oxygens (including phenoxy) is 2. The number of carbonyl (C=O) groups is 2. The van der Waals surface area contributed by atoms with E-state index in [0.717, 1.165) is 19.4 Å². The number of pyridine rings is 1. The number of amides is 1. The molecule has 0 unspecified atom stereocenters. The van der Waals surface area contributed by atoms with Gasteiger partial charge in [0.2, 0.25) is 5.91 Å². The number of aromatic nitrogens is 1. The van der Waals surface area contributed by atoms with Gasteiger partial charge in [0.05, 0.1) is 13.7 Å². The summed E-state index contributed by atoms with van der Waals surface area (Å²) < 4.78 is 12.4. The maximum Gasteiger partial charge on any atom is 0.343 e. The number of rotatable bonds is 9. The summed E-state index contributed by atoms with van der Waals surface area (Å²) in [6.07, 6.45) is 2.50. The molecule has 0 bridgehead atoms. The van der Waals surface area contributed by atoms with Gasteiger partial charge in [-0.25, -0.2) is 4.79 Å². The minimum absolute atomic E-state index is 0.0873. The Labute approximate surface area is 178 Å². The fraction of sp³-hybridized carbons (Fsp3) is 0.682. The third-order valence-corrected chi connectivity index (χ3v) is 5.28. The molecule has 8 heteroatoms. The van der Waals surface area contributed by atoms with Gasteiger partial charge in [0.25, 0.3) is 5.56 Å². The summed E-state index contributed by atoms with van der Waals surface area (Å²) in [7, 11) is 5.27. The molecule has 0 atom stereocenters. The maximum atomic E-state index is 12.8. The first kappa shape index (κ1) is 23.9. The summed E-state index contributed by atoms with van der Waals surface area (Å²) in [5, 5.41) is 0. The topological polar surface area (TPSA) is 81.1 Å². The molecule has 1 aromatic heterocycles. The highest BCUT2D eigenvalue weighted by Gasteiger charge is 2.27. The standard InChI is InChI=1S/C22H35N3O5/c1-16(2)7-8-19(26)24-11-9-17-21(22(28)29-5)18(30-14-6-10-23(3)4)15-20(27)25(17)13-12-24/h15-16H,6-14H2,1-5H3. The van der Waals surface area contributed by atoms with Gasteiger partial charge in [0.1, 0.15) is 11.3 Å². The summed E-state index contributed by atoms with van der Waals surface area (Å²) in [4.78, 5) is 41.7. The van der Waals surface area contributed by atoms with Crippen LogP contribution in [0.3, 0.4) is 0 Å². The van der Waals surface area contributed by atoms with E-state index in [1.165, 1.54) is 13.2 Å². The molecule has 1 aliphatic heterocycles. The van der Waals surface area contributed by atoms with Gasteiger partial charge >= 0.3 is 5.97 Å². The van der Waals surface area contributed by atoms with E-state index in [4.69, 9.17) is 9.47 Å². The van der Waals surface area contributed by atoms with E-state index in [-0.39, 0.29) is 17.2 Å². The van der Waals surface area contributed by atoms with Crippen molar-refractivity contribution in [1.82, 2.24) is 14.4 Å². The molecule has 0 saturated heterocycles. The predicted molar refractivity (Wildman–Crippen MR) is 115 cm³/mol. The highest BCUT2D eigenvalue weighted by atomic mass is 16.5. The summed E-state index contributed by atoms with van der Waals surface area (Å²) in [6.45, 7) is 6.68. The van der Waals surface area contributed by atoms with Gasteiger partial charge < -0.3 is 23.8 Å². The molecule has 1 aliphatic rings. The van der Waals surface area contributed by atoms with Crippen LogP contribution in [0, 0.1) is 5.92 Å². The van der Waals surface area contributed by atoms with Gasteiger partial charge in [0, 0.05) is 50.8 Å². The third kappa shape index (κ3) is 6.32. The van der Waals surface area contributed by atoms with Crippen molar-refractivity contribution in [3.8, 4) is 5.75 Å². The van der Waals surface area contributed by atoms with Crippen LogP contribution in [0.5, 0.6) is 5.75 Å². The molecule has 8 nitrogen and oxygen atoms in total. The average Bonchev–Trinajstić information content (AvgIpc) is 2.92. The number of fused-ring (bicyclic) bond motifs is 1. The Balaban J connectivity index is 2.25. The van der Waals surface area contributed by atoms with Crippen molar-refractivity contribution in [3.63, 3.8) is 0 Å². The molecule has 1 aromatic rings. The van der Waals surface area contributed by atoms with E-state index < -0.39 is 5.97 Å². The van der Waals surface area contributed by atoms with Gasteiger partial charge in [-0.15, -0.1) is 0 Å². The summed E-state index contributed by atoms with van der Waals surface area (Å²) >= 11 is 0. The summed E-state index contributed by atoms with van der Waals surface area (Å²) in [5.74, 6) is 0.278. The van der Waals surface area contributed by atoms with Crippen molar-refractivity contribution >= 4 is 11.9 Å². The Kier molecular flexibility index (Phi) is 8.89. The zero-order chi connectivity index (χ0) is 22.3. The molecule has 1 amide bonds. The Bertz CT molecular complexity index is 801. The zero-order valence-corrected chi connectivity index (χ0v) is 18.9. The third-order valence-electron chi connectivity index (χ3n) is 5.28. The highest BCUT2D eigenvalue weighted by molar-refractivity contribution is 5.93. The average molecular weight is 422 g/mol. The first-order chi connectivity index (χ1) is 14.2. The minimum atomic E-state index is -0.527. The van der Waals surface area contributed by atoms with E-state index in [1.54, 1.807) is 9.47 Å². The number of esters is 1. The Morgan fingerprint density at radius 3 is 2.57 bits per heavy atom. The van der Waals surface area contributed by atoms with Gasteiger partial charge in [-0.05, 0) is 32.9 Å². The Hall–Kier alpha value is -2.35. The van der Waals surface area contributed by atoms with Crippen molar-refractivity contribution in [2.24, 2.45) is 5.92 Å². The van der Waals surface area contributed by atoms with E-state index in [0.29, 0.717) is 56.3 Å². The molecule has 2 heterocycles. The van der Waals surface area contributed by atoms with Crippen molar-refractivity contribution in [1.29, 1.82) is 0 Å². The van der Waals surface area contributed by atoms with E-state index >= 15 is 0 Å². The van der Waals surface area contributed by atoms with E-state index in [1.807, 2.05) is 19.0 Å². The lowest BCUT2D eigenvalue weighted by molar-refractivity contribution is -0.131. The molecule has 0 spiro atoms. The monoisotopic (exact) mass is 421 g/mol. The van der Waals surface area contributed by atoms with Crippen molar-refractivity contribution in [2.45, 2.75) is 46.1 Å². The molecule has 0 radical (unpaired) electrons. The van der Waals surface area contributed by atoms with Crippen LogP contribution in [0.4, 0.5) is 0 Å². The normalized spacial score (nSPS) is 13.9. The zero-order valence-electron chi connectivity index (χ0n) is 18.9. The smallest absolute Gasteiger partial charge is 0.343 e. The number of carbonyl (C=O) groups excluding carboxylic acids is 2. The second-order valence-electron chi connectivity index (χ2n) is 8.38. The van der Waals surface area contributed by atoms with Crippen LogP contribution in [0.2, 0.25) is 0 Å². The molecular formula is C22H35N3O5. The molecule has 0 fully saturated rings. The summed E-state index contributed by atoms with van der Waals surface area (Å²) in [6, 6.07) is 1.36. The van der Waals surface area contributed by atoms with Gasteiger partial charge in [-0.1, -0.05) is 13.8 Å². The number of hydrogen-bond acceptors (Lipinski definition) is 6. The Morgan fingerprint density at radius 1 is 1.20 bits per heavy atom. The van der Waals surface area contributed by atoms with Gasteiger partial charge in [-0.2, -0.15) is 0 Å². The van der Waals surface area contributed by atoms with Crippen molar-refractivity contribution < 1.29 is 19.1 Å². The minimum Gasteiger partial charge on any atom is -0.492 e. The first-order valence-corrected chi connectivity index (χ1v) is 10.6. The molecule has 0 aromatic carbocycles. The molecule has 30 heavy (non-hydrogen) atoms. The summed E-state index contributed by atoms with van der Waals surface area (Å²) in [5.41, 5.74) is 0.645. The van der Waals surface area contributed by atoms with Gasteiger partial charge in [0.15, 0.2) is 0 Å². The molecule has 2 rings (SSSR count). The Morgan fingerprint density at radius 2 is 1.93 bits per heavy atom. The first-order valence-electron chi connectivity index (χ1n) is 10.6. The molecule has 0 N–H and O–H groups in total. The lowest BCUT2D eigenvalue weighted by Crippen LogP contribution is -2.34. The molecule has 0 saturated carbocycles. The van der Waals surface area contributed by atoms with Gasteiger partial charge in [-0.3, -0.25) is 9.59 Å². The van der Waals surface area contributed by atoms with Crippen molar-refractivity contribution in [3.05, 3.63) is 27.7 Å². The molecule has 0 aliphatic carbocycles. The van der Waals surface area contributed by atoms with Crippen LogP contribution in [-0.2, 0) is 22.5 Å². The van der Waals surface area contributed by atoms with Crippen molar-refractivity contribution in [2.75, 3.05) is 47.4 Å². The second-order valence-corrected chi connectivity index (χ2v) is 8.38. The van der Waals surface area contributed by atoms with E-state index in [2.05, 4.69) is 13.8 Å². The lowest BCUT2D eigenvalue weighted by Gasteiger charge is -2.20. The number of hydrogen-bond donors (Lipinski definition) is 0. The fourth-order valence-corrected chi connectivity index (χ4v) is 3.57. The number of methoxy groups -OCH3 is 1. The SMILES string of the molecule is COC(=O)c1c(OCCCN(C)C)cc(=O)n2c1CCN(C(=O)CCC(C)C)CC2. The molecular weight excluding hydrogens is 386 g/mol. The quantitative estimate of drug-likeness (QED) is 0.447. The lowest BCUT2D eigenvalue weighted by atomic mass is 10.1. The second kappa shape index (κ2) is 11.2. The predicted octanol–water partition coefficient (Wildman–Crippen LogP) is 1.79. The highest BCUT2D eigenvalue weighted by Crippen LogP contribution is 2.24. The number of nitrogens with zero attached hydrogens (tertiary/aromatic N) is 3. The molecule has 168 valence electrons. The maximum absolute atomic E-state index is 12.8. The largest absolute Gasteiger partial charge is 0.492 e. The fourth-order valence-electron chi connectivity index (χ4n) is 3.57. The van der Waals surface area contributed by atoms with Crippen LogP contribution in [-0.4, -0.2) is 73.7 Å². The van der Waals surface area contributed by atoms with Crippen LogP contribution in [0.15, 0.2) is 10.9 Å². The van der Waals surface area contributed by atoms with Crippen LogP contribution < -0.4 is 10.3 Å². The van der Waals surface area contributed by atoms with E-state index in [9.17, 15) is 14.4 Å².